The minimum atomic E-state index is -5.08. The average molecular weight is 487 g/mol. The second-order valence-electron chi connectivity index (χ2n) is 8.16. The molecule has 2 aromatic rings. The fraction of sp³-hybridized carbons (Fsp3) is 0.500. The number of ether oxygens (including phenoxy) is 1. The number of fused-ring (bicyclic) bond motifs is 2. The first kappa shape index (κ1) is 25.1. The second kappa shape index (κ2) is 10.2. The topological polar surface area (TPSA) is 100.0 Å². The Morgan fingerprint density at radius 1 is 1.27 bits per heavy atom. The summed E-state index contributed by atoms with van der Waals surface area (Å²) in [5.41, 5.74) is 5.06. The van der Waals surface area contributed by atoms with E-state index in [1.54, 1.807) is 5.51 Å². The number of hydrogen-bond donors (Lipinski definition) is 2. The number of rotatable bonds is 5. The summed E-state index contributed by atoms with van der Waals surface area (Å²) in [4.78, 5) is 27.1. The van der Waals surface area contributed by atoms with Crippen LogP contribution in [-0.2, 0) is 26.3 Å². The number of carbonyl (C=O) groups is 2. The first-order valence-electron chi connectivity index (χ1n) is 10.4. The summed E-state index contributed by atoms with van der Waals surface area (Å²) in [7, 11) is 0. The third-order valence-electron chi connectivity index (χ3n) is 5.97. The molecule has 180 valence electrons. The molecule has 0 radical (unpaired) electrons. The maximum Gasteiger partial charge on any atom is 0.490 e. The molecule has 1 aromatic heterocycles. The maximum atomic E-state index is 11.7. The molecule has 7 nitrogen and oxygen atoms in total. The van der Waals surface area contributed by atoms with Gasteiger partial charge in [0, 0.05) is 31.4 Å². The molecule has 1 fully saturated rings. The van der Waals surface area contributed by atoms with E-state index in [2.05, 4.69) is 41.1 Å². The number of thiazole rings is 1. The summed E-state index contributed by atoms with van der Waals surface area (Å²) in [6.45, 7) is 4.41. The van der Waals surface area contributed by atoms with Gasteiger partial charge in [0.15, 0.2) is 0 Å². The summed E-state index contributed by atoms with van der Waals surface area (Å²) in [5.74, 6) is -3.91. The maximum absolute atomic E-state index is 11.7. The first-order chi connectivity index (χ1) is 15.5. The lowest BCUT2D eigenvalue weighted by Crippen LogP contribution is -2.45. The molecule has 4 rings (SSSR count). The Balaban J connectivity index is 0.000000383. The van der Waals surface area contributed by atoms with Gasteiger partial charge in [0.1, 0.15) is 0 Å². The number of carboxylic acid groups (broad SMARTS) is 2. The number of aliphatic carboxylic acids is 2. The predicted molar refractivity (Wildman–Crippen MR) is 114 cm³/mol. The zero-order chi connectivity index (χ0) is 24.2. The van der Waals surface area contributed by atoms with E-state index in [4.69, 9.17) is 14.6 Å². The standard InChI is InChI=1S/C20H24N2O3S.C2HF3O2/c1-14-17-4-2-3-5-18(17)20(25-14)6-8-22(9-7-20)11-15(19(23)24)10-16-12-26-13-21-16;3-2(4,5)1(6)7/h2-5,12-15H,6-11H2,1H3,(H,23,24);(H,6,7). The SMILES string of the molecule is CC1OC2(CCN(CC(Cc3cscn3)C(=O)O)CC2)c2ccccc21.O=C(O)C(F)(F)F. The highest BCUT2D eigenvalue weighted by molar-refractivity contribution is 7.07. The number of carboxylic acids is 2. The van der Waals surface area contributed by atoms with Crippen molar-refractivity contribution in [3.05, 3.63) is 52.0 Å². The summed E-state index contributed by atoms with van der Waals surface area (Å²) in [6.07, 6.45) is -2.62. The number of piperidine rings is 1. The van der Waals surface area contributed by atoms with Crippen LogP contribution in [0.5, 0.6) is 0 Å². The molecule has 0 bridgehead atoms. The van der Waals surface area contributed by atoms with Crippen LogP contribution in [0.15, 0.2) is 35.2 Å². The summed E-state index contributed by atoms with van der Waals surface area (Å²) in [6, 6.07) is 8.51. The average Bonchev–Trinajstić information content (AvgIpc) is 3.36. The molecule has 2 atom stereocenters. The van der Waals surface area contributed by atoms with E-state index < -0.39 is 24.0 Å². The van der Waals surface area contributed by atoms with Gasteiger partial charge in [-0.3, -0.25) is 4.79 Å². The molecule has 2 unspecified atom stereocenters. The number of hydrogen-bond acceptors (Lipinski definition) is 6. The third-order valence-corrected chi connectivity index (χ3v) is 6.60. The summed E-state index contributed by atoms with van der Waals surface area (Å²) < 4.78 is 38.1. The van der Waals surface area contributed by atoms with Crippen molar-refractivity contribution in [2.24, 2.45) is 5.92 Å². The minimum Gasteiger partial charge on any atom is -0.481 e. The van der Waals surface area contributed by atoms with Crippen LogP contribution in [0.4, 0.5) is 13.2 Å². The van der Waals surface area contributed by atoms with Crippen molar-refractivity contribution in [1.29, 1.82) is 0 Å². The number of likely N-dealkylation sites (tertiary alicyclic amines) is 1. The largest absolute Gasteiger partial charge is 0.490 e. The molecule has 2 N–H and O–H groups in total. The lowest BCUT2D eigenvalue weighted by atomic mass is 9.83. The fourth-order valence-corrected chi connectivity index (χ4v) is 4.92. The Morgan fingerprint density at radius 3 is 2.45 bits per heavy atom. The van der Waals surface area contributed by atoms with Crippen LogP contribution in [0, 0.1) is 5.92 Å². The quantitative estimate of drug-likeness (QED) is 0.656. The zero-order valence-electron chi connectivity index (χ0n) is 17.9. The Kier molecular flexibility index (Phi) is 7.76. The van der Waals surface area contributed by atoms with Gasteiger partial charge in [-0.05, 0) is 30.9 Å². The van der Waals surface area contributed by atoms with Crippen molar-refractivity contribution >= 4 is 23.3 Å². The molecular weight excluding hydrogens is 461 g/mol. The highest BCUT2D eigenvalue weighted by atomic mass is 32.1. The fourth-order valence-electron chi connectivity index (χ4n) is 4.35. The Hall–Kier alpha value is -2.50. The molecular formula is C22H25F3N2O5S. The van der Waals surface area contributed by atoms with Crippen molar-refractivity contribution in [1.82, 2.24) is 9.88 Å². The van der Waals surface area contributed by atoms with Crippen LogP contribution in [-0.4, -0.2) is 57.8 Å². The van der Waals surface area contributed by atoms with Crippen LogP contribution in [0.25, 0.3) is 0 Å². The van der Waals surface area contributed by atoms with E-state index in [0.29, 0.717) is 13.0 Å². The van der Waals surface area contributed by atoms with Gasteiger partial charge in [-0.25, -0.2) is 9.78 Å². The number of nitrogens with zero attached hydrogens (tertiary/aromatic N) is 2. The van der Waals surface area contributed by atoms with Crippen LogP contribution in [0.2, 0.25) is 0 Å². The van der Waals surface area contributed by atoms with E-state index in [9.17, 15) is 23.1 Å². The van der Waals surface area contributed by atoms with Crippen molar-refractivity contribution < 1.29 is 37.7 Å². The molecule has 2 aliphatic rings. The normalized spacial score (nSPS) is 20.5. The smallest absolute Gasteiger partial charge is 0.481 e. The van der Waals surface area contributed by atoms with Gasteiger partial charge in [-0.1, -0.05) is 24.3 Å². The van der Waals surface area contributed by atoms with Crippen LogP contribution in [0.1, 0.15) is 42.7 Å². The Labute approximate surface area is 192 Å². The van der Waals surface area contributed by atoms with Gasteiger partial charge < -0.3 is 19.8 Å². The molecule has 33 heavy (non-hydrogen) atoms. The lowest BCUT2D eigenvalue weighted by Gasteiger charge is -2.40. The Bertz CT molecular complexity index is 959. The second-order valence-corrected chi connectivity index (χ2v) is 8.88. The predicted octanol–water partition coefficient (Wildman–Crippen LogP) is 4.10. The van der Waals surface area contributed by atoms with Crippen molar-refractivity contribution in [3.8, 4) is 0 Å². The molecule has 0 saturated carbocycles. The highest BCUT2D eigenvalue weighted by Crippen LogP contribution is 2.49. The highest BCUT2D eigenvalue weighted by Gasteiger charge is 2.45. The van der Waals surface area contributed by atoms with Crippen LogP contribution >= 0.6 is 11.3 Å². The van der Waals surface area contributed by atoms with E-state index in [1.165, 1.54) is 22.5 Å². The molecule has 11 heteroatoms. The van der Waals surface area contributed by atoms with Gasteiger partial charge in [0.05, 0.1) is 28.8 Å². The van der Waals surface area contributed by atoms with E-state index in [1.807, 2.05) is 5.38 Å². The van der Waals surface area contributed by atoms with Crippen molar-refractivity contribution in [3.63, 3.8) is 0 Å². The minimum absolute atomic E-state index is 0.134. The van der Waals surface area contributed by atoms with Crippen molar-refractivity contribution in [2.45, 2.75) is 44.1 Å². The Morgan fingerprint density at radius 2 is 1.91 bits per heavy atom. The number of alkyl halides is 3. The zero-order valence-corrected chi connectivity index (χ0v) is 18.7. The third kappa shape index (κ3) is 6.10. The summed E-state index contributed by atoms with van der Waals surface area (Å²) in [5, 5.41) is 18.7. The van der Waals surface area contributed by atoms with Gasteiger partial charge in [-0.15, -0.1) is 11.3 Å². The van der Waals surface area contributed by atoms with Gasteiger partial charge in [-0.2, -0.15) is 13.2 Å². The first-order valence-corrected chi connectivity index (χ1v) is 11.4. The van der Waals surface area contributed by atoms with Crippen molar-refractivity contribution in [2.75, 3.05) is 19.6 Å². The molecule has 1 spiro atoms. The molecule has 2 aliphatic heterocycles. The van der Waals surface area contributed by atoms with Crippen LogP contribution in [0.3, 0.4) is 0 Å². The molecule has 1 saturated heterocycles. The van der Waals surface area contributed by atoms with Gasteiger partial charge in [0.2, 0.25) is 0 Å². The molecule has 0 aliphatic carbocycles. The van der Waals surface area contributed by atoms with Gasteiger partial charge >= 0.3 is 18.1 Å². The number of benzene rings is 1. The molecule has 3 heterocycles. The summed E-state index contributed by atoms with van der Waals surface area (Å²) >= 11 is 1.51. The monoisotopic (exact) mass is 486 g/mol. The lowest BCUT2D eigenvalue weighted by molar-refractivity contribution is -0.192. The van der Waals surface area contributed by atoms with E-state index in [0.717, 1.165) is 31.6 Å². The number of aromatic nitrogens is 1. The molecule has 0 amide bonds. The number of halogens is 3. The van der Waals surface area contributed by atoms with E-state index >= 15 is 0 Å². The van der Waals surface area contributed by atoms with Gasteiger partial charge in [0.25, 0.3) is 0 Å². The molecule has 1 aromatic carbocycles. The van der Waals surface area contributed by atoms with E-state index in [-0.39, 0.29) is 11.7 Å². The van der Waals surface area contributed by atoms with Crippen LogP contribution < -0.4 is 0 Å².